The lowest BCUT2D eigenvalue weighted by molar-refractivity contribution is 0.112. The first-order chi connectivity index (χ1) is 8.19. The lowest BCUT2D eigenvalue weighted by Crippen LogP contribution is -1.98. The SMILES string of the molecule is O=Cc1sc(NCc2ccc(Cl)cc2)nc1Cl. The van der Waals surface area contributed by atoms with Gasteiger partial charge in [0.05, 0.1) is 0 Å². The van der Waals surface area contributed by atoms with Gasteiger partial charge in [0.15, 0.2) is 16.6 Å². The van der Waals surface area contributed by atoms with Crippen LogP contribution in [0.5, 0.6) is 0 Å². The Hall–Kier alpha value is -1.10. The Bertz CT molecular complexity index is 525. The smallest absolute Gasteiger partial charge is 0.185 e. The molecular weight excluding hydrogens is 279 g/mol. The van der Waals surface area contributed by atoms with E-state index in [9.17, 15) is 4.79 Å². The van der Waals surface area contributed by atoms with Gasteiger partial charge < -0.3 is 5.32 Å². The minimum absolute atomic E-state index is 0.239. The first kappa shape index (κ1) is 12.4. The first-order valence-corrected chi connectivity index (χ1v) is 6.36. The summed E-state index contributed by atoms with van der Waals surface area (Å²) in [5, 5.41) is 4.67. The van der Waals surface area contributed by atoms with E-state index in [1.54, 1.807) is 0 Å². The molecule has 0 bridgehead atoms. The van der Waals surface area contributed by atoms with Crippen LogP contribution in [0.3, 0.4) is 0 Å². The summed E-state index contributed by atoms with van der Waals surface area (Å²) in [5.41, 5.74) is 1.08. The summed E-state index contributed by atoms with van der Waals surface area (Å²) in [6, 6.07) is 7.49. The zero-order valence-electron chi connectivity index (χ0n) is 8.61. The van der Waals surface area contributed by atoms with Crippen LogP contribution in [-0.4, -0.2) is 11.3 Å². The molecule has 0 atom stereocenters. The molecule has 17 heavy (non-hydrogen) atoms. The predicted octanol–water partition coefficient (Wildman–Crippen LogP) is 3.87. The van der Waals surface area contributed by atoms with E-state index in [1.807, 2.05) is 24.3 Å². The molecule has 1 aromatic carbocycles. The molecule has 0 saturated carbocycles. The quantitative estimate of drug-likeness (QED) is 0.868. The van der Waals surface area contributed by atoms with Crippen LogP contribution in [0.15, 0.2) is 24.3 Å². The van der Waals surface area contributed by atoms with Crippen molar-refractivity contribution in [1.82, 2.24) is 4.98 Å². The molecule has 1 aromatic heterocycles. The molecule has 0 fully saturated rings. The highest BCUT2D eigenvalue weighted by molar-refractivity contribution is 7.17. The van der Waals surface area contributed by atoms with Crippen LogP contribution in [-0.2, 0) is 6.54 Å². The van der Waals surface area contributed by atoms with Crippen LogP contribution >= 0.6 is 34.5 Å². The van der Waals surface area contributed by atoms with Gasteiger partial charge >= 0.3 is 0 Å². The van der Waals surface area contributed by atoms with Crippen LogP contribution in [0.1, 0.15) is 15.2 Å². The molecule has 0 radical (unpaired) electrons. The van der Waals surface area contributed by atoms with Gasteiger partial charge in [0.1, 0.15) is 4.88 Å². The maximum absolute atomic E-state index is 10.6. The Morgan fingerprint density at radius 2 is 2.00 bits per heavy atom. The van der Waals surface area contributed by atoms with E-state index < -0.39 is 0 Å². The van der Waals surface area contributed by atoms with Crippen LogP contribution in [0, 0.1) is 0 Å². The number of hydrogen-bond acceptors (Lipinski definition) is 4. The average molecular weight is 287 g/mol. The number of carbonyl (C=O) groups excluding carboxylic acids is 1. The highest BCUT2D eigenvalue weighted by Crippen LogP contribution is 2.25. The monoisotopic (exact) mass is 286 g/mol. The highest BCUT2D eigenvalue weighted by atomic mass is 35.5. The predicted molar refractivity (Wildman–Crippen MR) is 71.3 cm³/mol. The van der Waals surface area contributed by atoms with Crippen molar-refractivity contribution in [3.05, 3.63) is 44.9 Å². The maximum Gasteiger partial charge on any atom is 0.185 e. The zero-order valence-corrected chi connectivity index (χ0v) is 10.9. The number of nitrogens with zero attached hydrogens (tertiary/aromatic N) is 1. The second-order valence-electron chi connectivity index (χ2n) is 3.27. The van der Waals surface area contributed by atoms with Crippen molar-refractivity contribution in [3.8, 4) is 0 Å². The van der Waals surface area contributed by atoms with Gasteiger partial charge in [-0.25, -0.2) is 4.98 Å². The summed E-state index contributed by atoms with van der Waals surface area (Å²) < 4.78 is 0. The number of aromatic nitrogens is 1. The fourth-order valence-electron chi connectivity index (χ4n) is 1.24. The van der Waals surface area contributed by atoms with E-state index in [4.69, 9.17) is 23.2 Å². The van der Waals surface area contributed by atoms with Gasteiger partial charge in [0.2, 0.25) is 0 Å². The molecule has 88 valence electrons. The minimum Gasteiger partial charge on any atom is -0.357 e. The number of rotatable bonds is 4. The number of anilines is 1. The molecule has 2 rings (SSSR count). The number of aldehydes is 1. The summed E-state index contributed by atoms with van der Waals surface area (Å²) in [4.78, 5) is 15.1. The van der Waals surface area contributed by atoms with E-state index >= 15 is 0 Å². The van der Waals surface area contributed by atoms with Crippen molar-refractivity contribution in [3.63, 3.8) is 0 Å². The molecule has 0 unspecified atom stereocenters. The summed E-state index contributed by atoms with van der Waals surface area (Å²) in [6.07, 6.45) is 0.702. The molecule has 0 spiro atoms. The van der Waals surface area contributed by atoms with Crippen LogP contribution in [0.2, 0.25) is 10.2 Å². The average Bonchev–Trinajstić information content (AvgIpc) is 2.69. The molecule has 0 aliphatic heterocycles. The molecule has 0 aliphatic rings. The Morgan fingerprint density at radius 1 is 1.29 bits per heavy atom. The lowest BCUT2D eigenvalue weighted by atomic mass is 10.2. The van der Waals surface area contributed by atoms with Crippen molar-refractivity contribution >= 4 is 46.0 Å². The van der Waals surface area contributed by atoms with E-state index in [0.717, 1.165) is 5.56 Å². The van der Waals surface area contributed by atoms with E-state index in [1.165, 1.54) is 11.3 Å². The zero-order chi connectivity index (χ0) is 12.3. The minimum atomic E-state index is 0.239. The highest BCUT2D eigenvalue weighted by Gasteiger charge is 2.07. The van der Waals surface area contributed by atoms with E-state index in [-0.39, 0.29) is 5.15 Å². The number of halogens is 2. The van der Waals surface area contributed by atoms with Crippen molar-refractivity contribution in [2.75, 3.05) is 5.32 Å². The standard InChI is InChI=1S/C11H8Cl2N2OS/c12-8-3-1-7(2-4-8)5-14-11-15-10(13)9(6-16)17-11/h1-4,6H,5H2,(H,14,15). The van der Waals surface area contributed by atoms with Crippen LogP contribution in [0.4, 0.5) is 5.13 Å². The molecule has 1 N–H and O–H groups in total. The van der Waals surface area contributed by atoms with Crippen LogP contribution in [0.25, 0.3) is 0 Å². The Labute approximate surface area is 112 Å². The van der Waals surface area contributed by atoms with Gasteiger partial charge in [0, 0.05) is 11.6 Å². The molecule has 0 saturated heterocycles. The molecular formula is C11H8Cl2N2OS. The molecule has 6 heteroatoms. The Balaban J connectivity index is 2.02. The summed E-state index contributed by atoms with van der Waals surface area (Å²) in [7, 11) is 0. The van der Waals surface area contributed by atoms with Crippen molar-refractivity contribution in [1.29, 1.82) is 0 Å². The van der Waals surface area contributed by atoms with Gasteiger partial charge in [-0.3, -0.25) is 4.79 Å². The summed E-state index contributed by atoms with van der Waals surface area (Å²) in [6.45, 7) is 0.610. The molecule has 1 heterocycles. The van der Waals surface area contributed by atoms with Crippen molar-refractivity contribution in [2.24, 2.45) is 0 Å². The van der Waals surface area contributed by atoms with Gasteiger partial charge in [-0.05, 0) is 17.7 Å². The molecule has 0 aliphatic carbocycles. The fourth-order valence-corrected chi connectivity index (χ4v) is 2.33. The molecule has 3 nitrogen and oxygen atoms in total. The fraction of sp³-hybridized carbons (Fsp3) is 0.0909. The van der Waals surface area contributed by atoms with Gasteiger partial charge in [-0.1, -0.05) is 46.7 Å². The number of nitrogens with one attached hydrogen (secondary N) is 1. The number of benzene rings is 1. The third kappa shape index (κ3) is 3.19. The second kappa shape index (κ2) is 5.49. The molecule has 0 amide bonds. The van der Waals surface area contributed by atoms with Gasteiger partial charge in [-0.2, -0.15) is 0 Å². The Kier molecular flexibility index (Phi) is 3.99. The van der Waals surface area contributed by atoms with Gasteiger partial charge in [0.25, 0.3) is 0 Å². The second-order valence-corrected chi connectivity index (χ2v) is 5.10. The van der Waals surface area contributed by atoms with Gasteiger partial charge in [-0.15, -0.1) is 0 Å². The number of carbonyl (C=O) groups is 1. The van der Waals surface area contributed by atoms with Crippen molar-refractivity contribution < 1.29 is 4.79 Å². The topological polar surface area (TPSA) is 42.0 Å². The third-order valence-electron chi connectivity index (χ3n) is 2.07. The first-order valence-electron chi connectivity index (χ1n) is 4.79. The largest absolute Gasteiger partial charge is 0.357 e. The number of hydrogen-bond donors (Lipinski definition) is 1. The summed E-state index contributed by atoms with van der Waals surface area (Å²) >= 11 is 12.8. The van der Waals surface area contributed by atoms with E-state index in [2.05, 4.69) is 10.3 Å². The summed E-state index contributed by atoms with van der Waals surface area (Å²) in [5.74, 6) is 0. The number of thiazole rings is 1. The maximum atomic E-state index is 10.6. The lowest BCUT2D eigenvalue weighted by Gasteiger charge is -2.02. The van der Waals surface area contributed by atoms with Crippen LogP contribution < -0.4 is 5.32 Å². The normalized spacial score (nSPS) is 10.2. The van der Waals surface area contributed by atoms with E-state index in [0.29, 0.717) is 27.9 Å². The molecule has 2 aromatic rings. The third-order valence-corrected chi connectivity index (χ3v) is 3.66. The van der Waals surface area contributed by atoms with Crippen molar-refractivity contribution in [2.45, 2.75) is 6.54 Å². The Morgan fingerprint density at radius 3 is 2.59 bits per heavy atom.